The number of ether oxygens (including phenoxy) is 1. The van der Waals surface area contributed by atoms with Crippen LogP contribution in [0.4, 0.5) is 11.4 Å². The first-order valence-electron chi connectivity index (χ1n) is 10.3. The third-order valence-electron chi connectivity index (χ3n) is 6.25. The smallest absolute Gasteiger partial charge is 0.266 e. The minimum atomic E-state index is -1.26. The Bertz CT molecular complexity index is 1180. The molecule has 3 aromatic carbocycles. The Morgan fingerprint density at radius 3 is 2.22 bits per heavy atom. The number of amides is 2. The van der Waals surface area contributed by atoms with E-state index in [0.717, 1.165) is 0 Å². The number of fused-ring (bicyclic) bond motifs is 1. The zero-order valence-corrected chi connectivity index (χ0v) is 17.6. The third kappa shape index (κ3) is 2.78. The standard InChI is InChI=1S/C25H22N2O5/c1-25-21(19-10-6-7-11-20(19)28)27(17-8-4-3-5-9-17)32-22(25)23(29)26(24(25)30)16-12-14-18(31-2)15-13-16/h3-15,21-22,28H,1-2H3/t21-,22+,25-/m1/s1. The van der Waals surface area contributed by atoms with Gasteiger partial charge in [-0.3, -0.25) is 14.4 Å². The molecule has 0 bridgehead atoms. The highest BCUT2D eigenvalue weighted by Gasteiger charge is 2.69. The molecule has 0 spiro atoms. The van der Waals surface area contributed by atoms with Crippen molar-refractivity contribution in [1.29, 1.82) is 0 Å². The summed E-state index contributed by atoms with van der Waals surface area (Å²) in [5, 5.41) is 12.2. The zero-order chi connectivity index (χ0) is 22.5. The molecule has 2 aliphatic heterocycles. The van der Waals surface area contributed by atoms with Gasteiger partial charge in [0.05, 0.1) is 18.5 Å². The number of methoxy groups -OCH3 is 1. The lowest BCUT2D eigenvalue weighted by Gasteiger charge is -2.33. The Kier molecular flexibility index (Phi) is 4.64. The fourth-order valence-corrected chi connectivity index (χ4v) is 4.59. The van der Waals surface area contributed by atoms with Gasteiger partial charge in [0, 0.05) is 5.56 Å². The fourth-order valence-electron chi connectivity index (χ4n) is 4.59. The number of phenolic OH excluding ortho intramolecular Hbond substituents is 1. The van der Waals surface area contributed by atoms with Gasteiger partial charge in [0.15, 0.2) is 6.10 Å². The number of aromatic hydroxyl groups is 1. The van der Waals surface area contributed by atoms with Crippen LogP contribution in [0, 0.1) is 5.41 Å². The third-order valence-corrected chi connectivity index (χ3v) is 6.25. The number of para-hydroxylation sites is 2. The van der Waals surface area contributed by atoms with Gasteiger partial charge < -0.3 is 9.84 Å². The lowest BCUT2D eigenvalue weighted by atomic mass is 9.76. The molecule has 0 saturated carbocycles. The van der Waals surface area contributed by atoms with E-state index >= 15 is 0 Å². The SMILES string of the molecule is COc1ccc(N2C(=O)[C@@H]3ON(c4ccccc4)[C@H](c4ccccc4O)[C@@]3(C)C2=O)cc1. The van der Waals surface area contributed by atoms with Crippen molar-refractivity contribution in [3.05, 3.63) is 84.4 Å². The van der Waals surface area contributed by atoms with Crippen molar-refractivity contribution in [2.75, 3.05) is 17.1 Å². The van der Waals surface area contributed by atoms with Crippen LogP contribution in [0.5, 0.6) is 11.5 Å². The quantitative estimate of drug-likeness (QED) is 0.634. The van der Waals surface area contributed by atoms with E-state index in [-0.39, 0.29) is 11.7 Å². The van der Waals surface area contributed by atoms with Crippen molar-refractivity contribution in [2.24, 2.45) is 5.41 Å². The van der Waals surface area contributed by atoms with Crippen LogP contribution in [0.15, 0.2) is 78.9 Å². The van der Waals surface area contributed by atoms with E-state index in [1.807, 2.05) is 30.3 Å². The molecule has 0 radical (unpaired) electrons. The van der Waals surface area contributed by atoms with E-state index in [1.165, 1.54) is 4.90 Å². The van der Waals surface area contributed by atoms with Crippen molar-refractivity contribution in [3.63, 3.8) is 0 Å². The lowest BCUT2D eigenvalue weighted by Crippen LogP contribution is -2.41. The number of carbonyl (C=O) groups excluding carboxylic acids is 2. The van der Waals surface area contributed by atoms with E-state index in [9.17, 15) is 14.7 Å². The second-order valence-electron chi connectivity index (χ2n) is 8.07. The first-order valence-corrected chi connectivity index (χ1v) is 10.3. The topological polar surface area (TPSA) is 79.3 Å². The van der Waals surface area contributed by atoms with Crippen molar-refractivity contribution in [2.45, 2.75) is 19.1 Å². The maximum absolute atomic E-state index is 13.8. The summed E-state index contributed by atoms with van der Waals surface area (Å²) in [5.41, 5.74) is 0.389. The van der Waals surface area contributed by atoms with Crippen LogP contribution in [0.25, 0.3) is 0 Å². The van der Waals surface area contributed by atoms with Gasteiger partial charge in [0.25, 0.3) is 5.91 Å². The molecule has 0 aromatic heterocycles. The largest absolute Gasteiger partial charge is 0.508 e. The molecule has 5 rings (SSSR count). The first kappa shape index (κ1) is 20.1. The Hall–Kier alpha value is -3.84. The van der Waals surface area contributed by atoms with E-state index in [1.54, 1.807) is 67.6 Å². The van der Waals surface area contributed by atoms with Gasteiger partial charge in [-0.15, -0.1) is 0 Å². The number of carbonyl (C=O) groups is 2. The summed E-state index contributed by atoms with van der Waals surface area (Å²) in [4.78, 5) is 34.6. The molecule has 0 aliphatic carbocycles. The minimum Gasteiger partial charge on any atom is -0.508 e. The summed E-state index contributed by atoms with van der Waals surface area (Å²) in [6.45, 7) is 1.72. The number of phenols is 1. The van der Waals surface area contributed by atoms with Crippen LogP contribution in [0.1, 0.15) is 18.5 Å². The van der Waals surface area contributed by atoms with E-state index in [0.29, 0.717) is 22.7 Å². The predicted molar refractivity (Wildman–Crippen MR) is 118 cm³/mol. The number of nitrogens with zero attached hydrogens (tertiary/aromatic N) is 2. The van der Waals surface area contributed by atoms with Crippen LogP contribution < -0.4 is 14.7 Å². The zero-order valence-electron chi connectivity index (χ0n) is 17.6. The maximum Gasteiger partial charge on any atom is 0.266 e. The molecule has 2 saturated heterocycles. The molecule has 2 fully saturated rings. The summed E-state index contributed by atoms with van der Waals surface area (Å²) in [7, 11) is 1.55. The average molecular weight is 430 g/mol. The molecule has 32 heavy (non-hydrogen) atoms. The average Bonchev–Trinajstić information content (AvgIpc) is 3.23. The van der Waals surface area contributed by atoms with Crippen LogP contribution in [0.3, 0.4) is 0 Å². The Balaban J connectivity index is 1.63. The monoisotopic (exact) mass is 430 g/mol. The molecule has 7 heteroatoms. The van der Waals surface area contributed by atoms with Crippen molar-refractivity contribution >= 4 is 23.2 Å². The molecule has 2 heterocycles. The molecule has 2 aliphatic rings. The highest BCUT2D eigenvalue weighted by molar-refractivity contribution is 6.25. The Morgan fingerprint density at radius 2 is 1.56 bits per heavy atom. The Morgan fingerprint density at radius 1 is 0.906 bits per heavy atom. The molecular formula is C25H22N2O5. The van der Waals surface area contributed by atoms with Gasteiger partial charge in [-0.1, -0.05) is 36.4 Å². The maximum atomic E-state index is 13.8. The van der Waals surface area contributed by atoms with Crippen LogP contribution in [-0.4, -0.2) is 30.1 Å². The van der Waals surface area contributed by atoms with Crippen molar-refractivity contribution in [3.8, 4) is 11.5 Å². The normalized spacial score (nSPS) is 24.7. The van der Waals surface area contributed by atoms with Crippen LogP contribution in [0.2, 0.25) is 0 Å². The Labute approximate surface area is 185 Å². The van der Waals surface area contributed by atoms with Gasteiger partial charge in [-0.05, 0) is 49.4 Å². The van der Waals surface area contributed by atoms with Crippen LogP contribution in [-0.2, 0) is 14.4 Å². The van der Waals surface area contributed by atoms with Gasteiger partial charge in [-0.2, -0.15) is 0 Å². The predicted octanol–water partition coefficient (Wildman–Crippen LogP) is 3.84. The molecule has 1 N–H and O–H groups in total. The molecule has 3 atom stereocenters. The summed E-state index contributed by atoms with van der Waals surface area (Å²) >= 11 is 0. The van der Waals surface area contributed by atoms with Crippen LogP contribution >= 0.6 is 0 Å². The number of hydrogen-bond donors (Lipinski definition) is 1. The summed E-state index contributed by atoms with van der Waals surface area (Å²) in [6, 6.07) is 22.1. The van der Waals surface area contributed by atoms with E-state index < -0.39 is 23.5 Å². The second-order valence-corrected chi connectivity index (χ2v) is 8.07. The molecular weight excluding hydrogens is 408 g/mol. The number of hydrogen-bond acceptors (Lipinski definition) is 6. The summed E-state index contributed by atoms with van der Waals surface area (Å²) < 4.78 is 5.18. The lowest BCUT2D eigenvalue weighted by molar-refractivity contribution is -0.128. The minimum absolute atomic E-state index is 0.0343. The number of imide groups is 1. The first-order chi connectivity index (χ1) is 15.5. The highest BCUT2D eigenvalue weighted by Crippen LogP contribution is 2.56. The highest BCUT2D eigenvalue weighted by atomic mass is 16.7. The van der Waals surface area contributed by atoms with Crippen molar-refractivity contribution < 1.29 is 24.3 Å². The number of benzene rings is 3. The molecule has 0 unspecified atom stereocenters. The fraction of sp³-hybridized carbons (Fsp3) is 0.200. The number of anilines is 2. The van der Waals surface area contributed by atoms with Gasteiger partial charge in [0.2, 0.25) is 5.91 Å². The van der Waals surface area contributed by atoms with E-state index in [4.69, 9.17) is 9.57 Å². The van der Waals surface area contributed by atoms with Gasteiger partial charge in [-0.25, -0.2) is 9.96 Å². The number of rotatable bonds is 4. The van der Waals surface area contributed by atoms with Crippen molar-refractivity contribution in [1.82, 2.24) is 0 Å². The van der Waals surface area contributed by atoms with E-state index in [2.05, 4.69) is 0 Å². The molecule has 2 amide bonds. The molecule has 162 valence electrons. The summed E-state index contributed by atoms with van der Waals surface area (Å²) in [6.07, 6.45) is -1.04. The summed E-state index contributed by atoms with van der Waals surface area (Å²) in [5.74, 6) is -0.171. The molecule has 7 nitrogen and oxygen atoms in total. The van der Waals surface area contributed by atoms with Gasteiger partial charge >= 0.3 is 0 Å². The van der Waals surface area contributed by atoms with Gasteiger partial charge in [0.1, 0.15) is 23.0 Å². The number of hydroxylamine groups is 1. The second kappa shape index (κ2) is 7.39. The molecule has 3 aromatic rings.